The summed E-state index contributed by atoms with van der Waals surface area (Å²) in [6.07, 6.45) is 3.25. The monoisotopic (exact) mass is 336 g/mol. The van der Waals surface area contributed by atoms with Crippen LogP contribution in [0.1, 0.15) is 30.9 Å². The highest BCUT2D eigenvalue weighted by atomic mass is 16.5. The molecule has 2 aliphatic rings. The Labute approximate surface area is 143 Å². The highest BCUT2D eigenvalue weighted by Crippen LogP contribution is 2.29. The Morgan fingerprint density at radius 2 is 2.17 bits per heavy atom. The van der Waals surface area contributed by atoms with Crippen molar-refractivity contribution in [2.75, 3.05) is 63.4 Å². The number of nitrogens with one attached hydrogen (secondary N) is 1. The van der Waals surface area contributed by atoms with Crippen molar-refractivity contribution in [3.63, 3.8) is 0 Å². The summed E-state index contributed by atoms with van der Waals surface area (Å²) < 4.78 is 10.8. The Morgan fingerprint density at radius 1 is 1.33 bits per heavy atom. The molecule has 134 valence electrons. The van der Waals surface area contributed by atoms with Crippen LogP contribution < -0.4 is 10.2 Å². The Hall–Kier alpha value is -1.44. The topological polar surface area (TPSA) is 79.7 Å². The second kappa shape index (κ2) is 8.60. The minimum Gasteiger partial charge on any atom is -0.395 e. The van der Waals surface area contributed by atoms with Crippen LogP contribution >= 0.6 is 0 Å². The number of hydrogen-bond acceptors (Lipinski definition) is 7. The van der Waals surface area contributed by atoms with E-state index >= 15 is 0 Å². The number of ether oxygens (including phenoxy) is 2. The number of aliphatic hydroxyl groups excluding tert-OH is 1. The third-order valence-electron chi connectivity index (χ3n) is 4.82. The summed E-state index contributed by atoms with van der Waals surface area (Å²) in [7, 11) is 1.77. The first-order valence-corrected chi connectivity index (χ1v) is 8.85. The number of nitrogens with zero attached hydrogens (tertiary/aromatic N) is 3. The van der Waals surface area contributed by atoms with E-state index in [9.17, 15) is 0 Å². The Bertz CT molecular complexity index is 515. The van der Waals surface area contributed by atoms with E-state index in [-0.39, 0.29) is 6.61 Å². The first kappa shape index (κ1) is 17.4. The average molecular weight is 336 g/mol. The summed E-state index contributed by atoms with van der Waals surface area (Å²) in [5, 5.41) is 12.2. The largest absolute Gasteiger partial charge is 0.395 e. The Kier molecular flexibility index (Phi) is 6.23. The zero-order valence-corrected chi connectivity index (χ0v) is 14.4. The molecule has 3 heterocycles. The summed E-state index contributed by atoms with van der Waals surface area (Å²) in [4.78, 5) is 11.6. The second-order valence-corrected chi connectivity index (χ2v) is 6.57. The molecule has 2 aliphatic heterocycles. The number of rotatable bonds is 7. The smallest absolute Gasteiger partial charge is 0.224 e. The molecule has 0 radical (unpaired) electrons. The van der Waals surface area contributed by atoms with Gasteiger partial charge in [0.25, 0.3) is 0 Å². The van der Waals surface area contributed by atoms with Gasteiger partial charge in [-0.15, -0.1) is 0 Å². The predicted octanol–water partition coefficient (Wildman–Crippen LogP) is 1.25. The molecule has 7 nitrogen and oxygen atoms in total. The van der Waals surface area contributed by atoms with Crippen molar-refractivity contribution in [2.45, 2.75) is 25.2 Å². The number of hydrogen-bond donors (Lipinski definition) is 2. The van der Waals surface area contributed by atoms with E-state index in [0.717, 1.165) is 63.7 Å². The fourth-order valence-electron chi connectivity index (χ4n) is 3.40. The normalized spacial score (nSPS) is 22.1. The van der Waals surface area contributed by atoms with E-state index in [4.69, 9.17) is 14.6 Å². The predicted molar refractivity (Wildman–Crippen MR) is 92.6 cm³/mol. The van der Waals surface area contributed by atoms with E-state index in [1.54, 1.807) is 7.11 Å². The summed E-state index contributed by atoms with van der Waals surface area (Å²) in [5.41, 5.74) is 1.04. The van der Waals surface area contributed by atoms with E-state index in [1.165, 1.54) is 0 Å². The maximum absolute atomic E-state index is 9.05. The molecule has 1 atom stereocenters. The minimum atomic E-state index is 0.0673. The van der Waals surface area contributed by atoms with E-state index < -0.39 is 0 Å². The van der Waals surface area contributed by atoms with Crippen molar-refractivity contribution in [1.29, 1.82) is 0 Å². The molecule has 0 spiro atoms. The molecular weight excluding hydrogens is 308 g/mol. The second-order valence-electron chi connectivity index (χ2n) is 6.57. The Balaban J connectivity index is 1.74. The lowest BCUT2D eigenvalue weighted by Crippen LogP contribution is -2.35. The zero-order valence-electron chi connectivity index (χ0n) is 14.4. The zero-order chi connectivity index (χ0) is 16.8. The molecule has 0 aromatic carbocycles. The van der Waals surface area contributed by atoms with Crippen molar-refractivity contribution in [3.8, 4) is 0 Å². The molecule has 0 amide bonds. The van der Waals surface area contributed by atoms with Crippen LogP contribution in [-0.2, 0) is 9.47 Å². The number of aromatic nitrogens is 2. The fourth-order valence-corrected chi connectivity index (χ4v) is 3.40. The highest BCUT2D eigenvalue weighted by molar-refractivity contribution is 5.46. The fraction of sp³-hybridized carbons (Fsp3) is 0.765. The maximum atomic E-state index is 9.05. The van der Waals surface area contributed by atoms with Crippen molar-refractivity contribution >= 4 is 11.8 Å². The SMILES string of the molecule is COCC1CCN(c2cc(C3CCOC3)nc(NCCO)n2)CC1. The average Bonchev–Trinajstić information content (AvgIpc) is 3.15. The molecule has 2 fully saturated rings. The van der Waals surface area contributed by atoms with Gasteiger partial charge >= 0.3 is 0 Å². The van der Waals surface area contributed by atoms with Gasteiger partial charge in [0.2, 0.25) is 5.95 Å². The van der Waals surface area contributed by atoms with Gasteiger partial charge in [-0.1, -0.05) is 0 Å². The lowest BCUT2D eigenvalue weighted by Gasteiger charge is -2.33. The molecule has 7 heteroatoms. The lowest BCUT2D eigenvalue weighted by atomic mass is 9.97. The van der Waals surface area contributed by atoms with Crippen LogP contribution in [0.3, 0.4) is 0 Å². The van der Waals surface area contributed by atoms with Crippen LogP contribution in [0.5, 0.6) is 0 Å². The number of aliphatic hydroxyl groups is 1. The van der Waals surface area contributed by atoms with E-state index in [2.05, 4.69) is 26.3 Å². The van der Waals surface area contributed by atoms with Crippen LogP contribution in [-0.4, -0.2) is 68.2 Å². The van der Waals surface area contributed by atoms with Gasteiger partial charge in [0.1, 0.15) is 5.82 Å². The quantitative estimate of drug-likeness (QED) is 0.775. The number of anilines is 2. The van der Waals surface area contributed by atoms with Gasteiger partial charge in [0.15, 0.2) is 0 Å². The molecule has 2 N–H and O–H groups in total. The van der Waals surface area contributed by atoms with E-state index in [1.807, 2.05) is 0 Å². The van der Waals surface area contributed by atoms with Crippen LogP contribution in [0.2, 0.25) is 0 Å². The molecule has 0 saturated carbocycles. The van der Waals surface area contributed by atoms with E-state index in [0.29, 0.717) is 24.3 Å². The standard InChI is InChI=1S/C17H28N4O3/c1-23-11-13-2-6-21(7-3-13)16-10-15(14-4-9-24-12-14)19-17(20-16)18-5-8-22/h10,13-14,22H,2-9,11-12H2,1H3,(H,18,19,20). The van der Waals surface area contributed by atoms with Gasteiger partial charge in [-0.3, -0.25) is 0 Å². The lowest BCUT2D eigenvalue weighted by molar-refractivity contribution is 0.139. The molecule has 0 aliphatic carbocycles. The molecule has 1 unspecified atom stereocenters. The van der Waals surface area contributed by atoms with Crippen molar-refractivity contribution in [2.24, 2.45) is 5.92 Å². The molecular formula is C17H28N4O3. The third kappa shape index (κ3) is 4.34. The van der Waals surface area contributed by atoms with Gasteiger partial charge in [-0.05, 0) is 25.2 Å². The molecule has 3 rings (SSSR count). The van der Waals surface area contributed by atoms with Crippen molar-refractivity contribution < 1.29 is 14.6 Å². The van der Waals surface area contributed by atoms with Gasteiger partial charge < -0.3 is 24.8 Å². The first-order valence-electron chi connectivity index (χ1n) is 8.85. The van der Waals surface area contributed by atoms with Crippen molar-refractivity contribution in [1.82, 2.24) is 9.97 Å². The van der Waals surface area contributed by atoms with Gasteiger partial charge in [-0.2, -0.15) is 4.98 Å². The third-order valence-corrected chi connectivity index (χ3v) is 4.82. The van der Waals surface area contributed by atoms with Crippen molar-refractivity contribution in [3.05, 3.63) is 11.8 Å². The molecule has 24 heavy (non-hydrogen) atoms. The number of piperidine rings is 1. The summed E-state index contributed by atoms with van der Waals surface area (Å²) >= 11 is 0. The van der Waals surface area contributed by atoms with Crippen LogP contribution in [0.4, 0.5) is 11.8 Å². The first-order chi connectivity index (χ1) is 11.8. The van der Waals surface area contributed by atoms with Gasteiger partial charge in [-0.25, -0.2) is 4.98 Å². The van der Waals surface area contributed by atoms with Crippen LogP contribution in [0, 0.1) is 5.92 Å². The van der Waals surface area contributed by atoms with Gasteiger partial charge in [0.05, 0.1) is 18.9 Å². The minimum absolute atomic E-state index is 0.0673. The summed E-state index contributed by atoms with van der Waals surface area (Å²) in [6.45, 7) is 4.87. The molecule has 1 aromatic rings. The Morgan fingerprint density at radius 3 is 2.83 bits per heavy atom. The van der Waals surface area contributed by atoms with Gasteiger partial charge in [0, 0.05) is 51.9 Å². The molecule has 0 bridgehead atoms. The highest BCUT2D eigenvalue weighted by Gasteiger charge is 2.24. The molecule has 2 saturated heterocycles. The summed E-state index contributed by atoms with van der Waals surface area (Å²) in [6, 6.07) is 2.11. The number of methoxy groups -OCH3 is 1. The summed E-state index contributed by atoms with van der Waals surface area (Å²) in [5.74, 6) is 2.56. The van der Waals surface area contributed by atoms with Crippen LogP contribution in [0.25, 0.3) is 0 Å². The molecule has 1 aromatic heterocycles. The van der Waals surface area contributed by atoms with Crippen LogP contribution in [0.15, 0.2) is 6.07 Å². The maximum Gasteiger partial charge on any atom is 0.224 e.